The van der Waals surface area contributed by atoms with E-state index >= 15 is 0 Å². The quantitative estimate of drug-likeness (QED) is 0.740. The molecule has 6 heteroatoms. The minimum Gasteiger partial charge on any atom is -0.498 e. The predicted molar refractivity (Wildman–Crippen MR) is 97.5 cm³/mol. The standard InChI is InChI=1S/C21H24O6/c1-5-6-14-15(22)10-18(23-3)21(24-4)12(2)19(27-20(14)21)13-7-8-16-17(9-13)26-11-25-16/h5,7-10,12,14,19-20H,1,6,11H2,2-4H3/t12?,14?,19?,20-,21-/m0/s1. The monoisotopic (exact) mass is 372 g/mol. The van der Waals surface area contributed by atoms with Crippen LogP contribution in [0.1, 0.15) is 25.0 Å². The van der Waals surface area contributed by atoms with Crippen molar-refractivity contribution in [3.05, 3.63) is 48.3 Å². The van der Waals surface area contributed by atoms with Gasteiger partial charge in [0.2, 0.25) is 6.79 Å². The third-order valence-corrected chi connectivity index (χ3v) is 5.94. The Morgan fingerprint density at radius 2 is 2.07 bits per heavy atom. The van der Waals surface area contributed by atoms with E-state index in [0.717, 1.165) is 11.3 Å². The molecule has 1 aliphatic carbocycles. The Bertz CT molecular complexity index is 800. The van der Waals surface area contributed by atoms with Gasteiger partial charge >= 0.3 is 0 Å². The van der Waals surface area contributed by atoms with Crippen LogP contribution in [0.4, 0.5) is 0 Å². The van der Waals surface area contributed by atoms with Gasteiger partial charge in [0.15, 0.2) is 22.9 Å². The van der Waals surface area contributed by atoms with Gasteiger partial charge in [0.25, 0.3) is 0 Å². The van der Waals surface area contributed by atoms with Crippen molar-refractivity contribution in [2.75, 3.05) is 21.0 Å². The molecule has 6 nitrogen and oxygen atoms in total. The van der Waals surface area contributed by atoms with Gasteiger partial charge in [0, 0.05) is 19.1 Å². The molecular weight excluding hydrogens is 348 g/mol. The van der Waals surface area contributed by atoms with Gasteiger partial charge in [-0.15, -0.1) is 6.58 Å². The average molecular weight is 372 g/mol. The predicted octanol–water partition coefficient (Wildman–Crippen LogP) is 3.18. The summed E-state index contributed by atoms with van der Waals surface area (Å²) in [6.07, 6.45) is 3.08. The minimum absolute atomic E-state index is 0.0250. The topological polar surface area (TPSA) is 63.2 Å². The van der Waals surface area contributed by atoms with Crippen molar-refractivity contribution in [3.8, 4) is 11.5 Å². The highest BCUT2D eigenvalue weighted by Crippen LogP contribution is 2.55. The molecule has 27 heavy (non-hydrogen) atoms. The Morgan fingerprint density at radius 1 is 1.30 bits per heavy atom. The Kier molecular flexibility index (Phi) is 4.48. The molecule has 0 amide bonds. The number of hydrogen-bond acceptors (Lipinski definition) is 6. The molecule has 4 rings (SSSR count). The van der Waals surface area contributed by atoms with E-state index < -0.39 is 11.7 Å². The molecule has 2 aliphatic heterocycles. The highest BCUT2D eigenvalue weighted by molar-refractivity contribution is 5.94. The van der Waals surface area contributed by atoms with Gasteiger partial charge in [-0.25, -0.2) is 0 Å². The fourth-order valence-electron chi connectivity index (χ4n) is 4.62. The van der Waals surface area contributed by atoms with Crippen LogP contribution in [-0.2, 0) is 19.0 Å². The molecule has 1 aromatic rings. The first-order valence-corrected chi connectivity index (χ1v) is 9.07. The van der Waals surface area contributed by atoms with Gasteiger partial charge in [-0.05, 0) is 24.1 Å². The van der Waals surface area contributed by atoms with Crippen LogP contribution in [0, 0.1) is 11.8 Å². The maximum atomic E-state index is 12.7. The van der Waals surface area contributed by atoms with Gasteiger partial charge in [-0.2, -0.15) is 0 Å². The second-order valence-corrected chi connectivity index (χ2v) is 7.12. The molecule has 3 aliphatic rings. The molecule has 1 fully saturated rings. The molecule has 0 saturated carbocycles. The van der Waals surface area contributed by atoms with Crippen LogP contribution in [0.25, 0.3) is 0 Å². The molecule has 0 spiro atoms. The molecular formula is C21H24O6. The number of methoxy groups -OCH3 is 2. The van der Waals surface area contributed by atoms with E-state index in [-0.39, 0.29) is 30.5 Å². The first-order valence-electron chi connectivity index (χ1n) is 9.07. The van der Waals surface area contributed by atoms with Crippen LogP contribution in [0.2, 0.25) is 0 Å². The number of carbonyl (C=O) groups excluding carboxylic acids is 1. The number of hydrogen-bond donors (Lipinski definition) is 0. The Labute approximate surface area is 158 Å². The minimum atomic E-state index is -0.836. The largest absolute Gasteiger partial charge is 0.498 e. The molecule has 0 aromatic heterocycles. The summed E-state index contributed by atoms with van der Waals surface area (Å²) in [6.45, 7) is 6.08. The van der Waals surface area contributed by atoms with E-state index in [2.05, 4.69) is 13.5 Å². The van der Waals surface area contributed by atoms with Gasteiger partial charge in [0.05, 0.1) is 19.1 Å². The van der Waals surface area contributed by atoms with E-state index in [0.29, 0.717) is 17.9 Å². The SMILES string of the molecule is C=CCC1C(=O)C=C(OC)[C@@]2(OC)C(C)C(c3ccc4c(c3)OCO4)O[C@@H]12. The lowest BCUT2D eigenvalue weighted by atomic mass is 9.71. The number of allylic oxidation sites excluding steroid dienone is 2. The number of fused-ring (bicyclic) bond motifs is 2. The van der Waals surface area contributed by atoms with Crippen molar-refractivity contribution >= 4 is 5.78 Å². The van der Waals surface area contributed by atoms with Crippen molar-refractivity contribution in [2.24, 2.45) is 11.8 Å². The summed E-state index contributed by atoms with van der Waals surface area (Å²) in [5.41, 5.74) is 0.120. The molecule has 0 bridgehead atoms. The number of rotatable bonds is 5. The maximum Gasteiger partial charge on any atom is 0.231 e. The number of benzene rings is 1. The van der Waals surface area contributed by atoms with Gasteiger partial charge in [0.1, 0.15) is 11.9 Å². The maximum absolute atomic E-state index is 12.7. The van der Waals surface area contributed by atoms with Gasteiger partial charge in [-0.1, -0.05) is 19.1 Å². The van der Waals surface area contributed by atoms with Crippen molar-refractivity contribution in [1.29, 1.82) is 0 Å². The van der Waals surface area contributed by atoms with Crippen molar-refractivity contribution < 1.29 is 28.5 Å². The highest BCUT2D eigenvalue weighted by Gasteiger charge is 2.63. The van der Waals surface area contributed by atoms with E-state index in [1.807, 2.05) is 18.2 Å². The summed E-state index contributed by atoms with van der Waals surface area (Å²) in [5, 5.41) is 0. The van der Waals surface area contributed by atoms with E-state index in [1.54, 1.807) is 26.4 Å². The summed E-state index contributed by atoms with van der Waals surface area (Å²) in [6, 6.07) is 5.79. The first kappa shape index (κ1) is 18.1. The Hall–Kier alpha value is -2.31. The zero-order chi connectivity index (χ0) is 19.2. The molecule has 3 unspecified atom stereocenters. The molecule has 0 N–H and O–H groups in total. The molecule has 144 valence electrons. The summed E-state index contributed by atoms with van der Waals surface area (Å²) in [4.78, 5) is 12.7. The lowest BCUT2D eigenvalue weighted by Gasteiger charge is -2.42. The van der Waals surface area contributed by atoms with Crippen LogP contribution in [-0.4, -0.2) is 38.5 Å². The zero-order valence-electron chi connectivity index (χ0n) is 15.8. The van der Waals surface area contributed by atoms with Crippen LogP contribution in [0.3, 0.4) is 0 Å². The van der Waals surface area contributed by atoms with Crippen LogP contribution in [0.5, 0.6) is 11.5 Å². The summed E-state index contributed by atoms with van der Waals surface area (Å²) in [5.74, 6) is 1.47. The number of ketones is 1. The normalized spacial score (nSPS) is 34.2. The lowest BCUT2D eigenvalue weighted by molar-refractivity contribution is -0.141. The molecule has 1 saturated heterocycles. The second kappa shape index (κ2) is 6.69. The van der Waals surface area contributed by atoms with Gasteiger partial charge < -0.3 is 23.7 Å². The molecule has 5 atom stereocenters. The van der Waals surface area contributed by atoms with E-state index in [1.165, 1.54) is 0 Å². The average Bonchev–Trinajstić information content (AvgIpc) is 3.26. The summed E-state index contributed by atoms with van der Waals surface area (Å²) in [7, 11) is 3.20. The number of carbonyl (C=O) groups is 1. The molecule has 0 radical (unpaired) electrons. The van der Waals surface area contributed by atoms with Crippen LogP contribution in [0.15, 0.2) is 42.7 Å². The lowest BCUT2D eigenvalue weighted by Crippen LogP contribution is -2.54. The summed E-state index contributed by atoms with van der Waals surface area (Å²) < 4.78 is 29.0. The van der Waals surface area contributed by atoms with Crippen molar-refractivity contribution in [3.63, 3.8) is 0 Å². The second-order valence-electron chi connectivity index (χ2n) is 7.12. The fraction of sp³-hybridized carbons (Fsp3) is 0.476. The van der Waals surface area contributed by atoms with Crippen molar-refractivity contribution in [1.82, 2.24) is 0 Å². The molecule has 1 aromatic carbocycles. The molecule has 2 heterocycles. The van der Waals surface area contributed by atoms with Gasteiger partial charge in [-0.3, -0.25) is 4.79 Å². The third-order valence-electron chi connectivity index (χ3n) is 5.94. The number of ether oxygens (including phenoxy) is 5. The fourth-order valence-corrected chi connectivity index (χ4v) is 4.62. The smallest absolute Gasteiger partial charge is 0.231 e. The highest BCUT2D eigenvalue weighted by atomic mass is 16.7. The van der Waals surface area contributed by atoms with E-state index in [9.17, 15) is 4.79 Å². The summed E-state index contributed by atoms with van der Waals surface area (Å²) >= 11 is 0. The Balaban J connectivity index is 1.78. The van der Waals surface area contributed by atoms with Crippen LogP contribution >= 0.6 is 0 Å². The van der Waals surface area contributed by atoms with E-state index in [4.69, 9.17) is 23.7 Å². The third kappa shape index (κ3) is 2.51. The van der Waals surface area contributed by atoms with Crippen LogP contribution < -0.4 is 9.47 Å². The van der Waals surface area contributed by atoms with Crippen molar-refractivity contribution in [2.45, 2.75) is 31.2 Å². The Morgan fingerprint density at radius 3 is 2.78 bits per heavy atom. The zero-order valence-corrected chi connectivity index (χ0v) is 15.8. The first-order chi connectivity index (χ1) is 13.1.